The number of halogens is 2. The number of alkyl halides is 2. The summed E-state index contributed by atoms with van der Waals surface area (Å²) in [4.78, 5) is 17.5. The molecule has 2 rings (SSSR count). The first-order valence-electron chi connectivity index (χ1n) is 6.02. The molecule has 21 heavy (non-hydrogen) atoms. The van der Waals surface area contributed by atoms with Gasteiger partial charge in [0.05, 0.1) is 23.1 Å². The lowest BCUT2D eigenvalue weighted by molar-refractivity contribution is -0.0501. The van der Waals surface area contributed by atoms with Crippen LogP contribution in [-0.4, -0.2) is 24.6 Å². The van der Waals surface area contributed by atoms with E-state index in [0.717, 1.165) is 0 Å². The van der Waals surface area contributed by atoms with Crippen LogP contribution >= 0.6 is 0 Å². The lowest BCUT2D eigenvalue weighted by Gasteiger charge is -2.20. The number of para-hydroxylation sites is 1. The predicted octanol–water partition coefficient (Wildman–Crippen LogP) is 2.54. The van der Waals surface area contributed by atoms with Gasteiger partial charge in [-0.1, -0.05) is 12.1 Å². The third kappa shape index (κ3) is 3.25. The molecule has 0 radical (unpaired) electrons. The van der Waals surface area contributed by atoms with E-state index in [0.29, 0.717) is 11.4 Å². The number of carbonyl (C=O) groups excluding carboxylic acids is 1. The van der Waals surface area contributed by atoms with Crippen molar-refractivity contribution in [3.63, 3.8) is 0 Å². The first kappa shape index (κ1) is 14.7. The van der Waals surface area contributed by atoms with Crippen LogP contribution < -0.4 is 15.4 Å². The topological polar surface area (TPSA) is 68.5 Å². The fraction of sp³-hybridized carbons (Fsp3) is 0.143. The summed E-state index contributed by atoms with van der Waals surface area (Å²) in [5, 5.41) is 0. The van der Waals surface area contributed by atoms with Gasteiger partial charge in [-0.2, -0.15) is 8.78 Å². The number of nitrogens with two attached hydrogens (primary N) is 1. The molecule has 1 heterocycles. The van der Waals surface area contributed by atoms with Crippen LogP contribution in [0.5, 0.6) is 5.75 Å². The minimum absolute atomic E-state index is 0.0245. The second kappa shape index (κ2) is 6.17. The van der Waals surface area contributed by atoms with Crippen LogP contribution in [0.15, 0.2) is 42.7 Å². The number of benzene rings is 1. The number of nitrogens with zero attached hydrogens (tertiary/aromatic N) is 2. The van der Waals surface area contributed by atoms with E-state index in [9.17, 15) is 13.6 Å². The minimum atomic E-state index is -3.00. The Labute approximate surface area is 120 Å². The predicted molar refractivity (Wildman–Crippen MR) is 74.5 cm³/mol. The number of carbonyl (C=O) groups is 1. The highest BCUT2D eigenvalue weighted by Gasteiger charge is 2.20. The third-order valence-corrected chi connectivity index (χ3v) is 2.83. The second-order valence-corrected chi connectivity index (χ2v) is 4.17. The van der Waals surface area contributed by atoms with Crippen LogP contribution in [0.4, 0.5) is 20.2 Å². The van der Waals surface area contributed by atoms with E-state index in [-0.39, 0.29) is 11.3 Å². The van der Waals surface area contributed by atoms with E-state index in [2.05, 4.69) is 9.72 Å². The molecule has 110 valence electrons. The Kier molecular flexibility index (Phi) is 4.32. The molecule has 0 saturated heterocycles. The van der Waals surface area contributed by atoms with Crippen molar-refractivity contribution in [2.24, 2.45) is 0 Å². The van der Waals surface area contributed by atoms with Gasteiger partial charge < -0.3 is 15.4 Å². The van der Waals surface area contributed by atoms with E-state index in [4.69, 9.17) is 5.73 Å². The van der Waals surface area contributed by atoms with Crippen molar-refractivity contribution >= 4 is 17.3 Å². The summed E-state index contributed by atoms with van der Waals surface area (Å²) in [6.07, 6.45) is 2.89. The number of amides is 1. The summed E-state index contributed by atoms with van der Waals surface area (Å²) in [5.41, 5.74) is 6.51. The van der Waals surface area contributed by atoms with Gasteiger partial charge in [-0.3, -0.25) is 9.78 Å². The quantitative estimate of drug-likeness (QED) is 0.940. The maximum atomic E-state index is 12.4. The number of rotatable bonds is 4. The Hall–Kier alpha value is -2.70. The van der Waals surface area contributed by atoms with Gasteiger partial charge in [0.1, 0.15) is 5.75 Å². The molecule has 1 amide bonds. The second-order valence-electron chi connectivity index (χ2n) is 4.17. The number of aromatic nitrogens is 1. The Balaban J connectivity index is 2.34. The van der Waals surface area contributed by atoms with Crippen LogP contribution in [-0.2, 0) is 0 Å². The average Bonchev–Trinajstić information content (AvgIpc) is 2.46. The maximum absolute atomic E-state index is 12.4. The Morgan fingerprint density at radius 1 is 1.33 bits per heavy atom. The first-order valence-corrected chi connectivity index (χ1v) is 6.02. The summed E-state index contributed by atoms with van der Waals surface area (Å²) in [5.74, 6) is -0.693. The maximum Gasteiger partial charge on any atom is 0.387 e. The molecule has 1 aromatic heterocycles. The number of pyridine rings is 1. The molecule has 0 aliphatic heterocycles. The SMILES string of the molecule is CN(C(=O)c1ccccc1OC(F)F)c1ccncc1N. The number of ether oxygens (including phenoxy) is 1. The van der Waals surface area contributed by atoms with E-state index >= 15 is 0 Å². The largest absolute Gasteiger partial charge is 0.434 e. The van der Waals surface area contributed by atoms with E-state index in [1.165, 1.54) is 42.5 Å². The van der Waals surface area contributed by atoms with Crippen molar-refractivity contribution in [3.8, 4) is 5.75 Å². The minimum Gasteiger partial charge on any atom is -0.434 e. The van der Waals surface area contributed by atoms with Gasteiger partial charge in [-0.25, -0.2) is 0 Å². The molecule has 5 nitrogen and oxygen atoms in total. The van der Waals surface area contributed by atoms with Crippen molar-refractivity contribution in [3.05, 3.63) is 48.3 Å². The van der Waals surface area contributed by atoms with Gasteiger partial charge in [0, 0.05) is 13.2 Å². The molecule has 0 aliphatic carbocycles. The zero-order valence-electron chi connectivity index (χ0n) is 11.2. The number of hydrogen-bond acceptors (Lipinski definition) is 4. The monoisotopic (exact) mass is 293 g/mol. The van der Waals surface area contributed by atoms with Crippen LogP contribution in [0.3, 0.4) is 0 Å². The van der Waals surface area contributed by atoms with Crippen molar-refractivity contribution in [2.45, 2.75) is 6.61 Å². The van der Waals surface area contributed by atoms with Gasteiger partial charge in [0.15, 0.2) is 0 Å². The molecule has 0 saturated carbocycles. The van der Waals surface area contributed by atoms with Crippen molar-refractivity contribution in [2.75, 3.05) is 17.7 Å². The van der Waals surface area contributed by atoms with Gasteiger partial charge in [0.25, 0.3) is 5.91 Å². The van der Waals surface area contributed by atoms with Crippen LogP contribution in [0.1, 0.15) is 10.4 Å². The zero-order valence-corrected chi connectivity index (χ0v) is 11.2. The molecule has 0 unspecified atom stereocenters. The summed E-state index contributed by atoms with van der Waals surface area (Å²) in [7, 11) is 1.49. The molecule has 2 N–H and O–H groups in total. The number of nitrogen functional groups attached to an aromatic ring is 1. The normalized spacial score (nSPS) is 10.5. The molecule has 0 aliphatic rings. The highest BCUT2D eigenvalue weighted by molar-refractivity contribution is 6.08. The smallest absolute Gasteiger partial charge is 0.387 e. The summed E-state index contributed by atoms with van der Waals surface area (Å²) in [6.45, 7) is -3.00. The van der Waals surface area contributed by atoms with Gasteiger partial charge >= 0.3 is 6.61 Å². The number of anilines is 2. The molecular formula is C14H13F2N3O2. The molecular weight excluding hydrogens is 280 g/mol. The first-order chi connectivity index (χ1) is 10.0. The summed E-state index contributed by atoms with van der Waals surface area (Å²) in [6, 6.07) is 7.35. The van der Waals surface area contributed by atoms with Crippen molar-refractivity contribution in [1.29, 1.82) is 0 Å². The summed E-state index contributed by atoms with van der Waals surface area (Å²) >= 11 is 0. The van der Waals surface area contributed by atoms with E-state index in [1.807, 2.05) is 0 Å². The van der Waals surface area contributed by atoms with Crippen molar-refractivity contribution < 1.29 is 18.3 Å². The van der Waals surface area contributed by atoms with Gasteiger partial charge in [-0.15, -0.1) is 0 Å². The standard InChI is InChI=1S/C14H13F2N3O2/c1-19(11-6-7-18-8-10(11)17)13(20)9-4-2-3-5-12(9)21-14(15)16/h2-8,14H,17H2,1H3. The van der Waals surface area contributed by atoms with Crippen molar-refractivity contribution in [1.82, 2.24) is 4.98 Å². The zero-order chi connectivity index (χ0) is 15.4. The van der Waals surface area contributed by atoms with Crippen LogP contribution in [0.25, 0.3) is 0 Å². The van der Waals surface area contributed by atoms with Crippen LogP contribution in [0, 0.1) is 0 Å². The van der Waals surface area contributed by atoms with E-state index < -0.39 is 12.5 Å². The highest BCUT2D eigenvalue weighted by Crippen LogP contribution is 2.26. The average molecular weight is 293 g/mol. The summed E-state index contributed by atoms with van der Waals surface area (Å²) < 4.78 is 29.1. The van der Waals surface area contributed by atoms with Gasteiger partial charge in [0.2, 0.25) is 0 Å². The Morgan fingerprint density at radius 2 is 2.05 bits per heavy atom. The fourth-order valence-corrected chi connectivity index (χ4v) is 1.84. The molecule has 0 spiro atoms. The third-order valence-electron chi connectivity index (χ3n) is 2.83. The fourth-order valence-electron chi connectivity index (χ4n) is 1.84. The molecule has 7 heteroatoms. The Bertz CT molecular complexity index is 650. The molecule has 0 bridgehead atoms. The molecule has 2 aromatic rings. The molecule has 0 fully saturated rings. The molecule has 0 atom stereocenters. The van der Waals surface area contributed by atoms with E-state index in [1.54, 1.807) is 12.1 Å². The Morgan fingerprint density at radius 3 is 2.71 bits per heavy atom. The molecule has 1 aromatic carbocycles. The van der Waals surface area contributed by atoms with Crippen LogP contribution in [0.2, 0.25) is 0 Å². The lowest BCUT2D eigenvalue weighted by atomic mass is 10.1. The number of hydrogen-bond donors (Lipinski definition) is 1. The lowest BCUT2D eigenvalue weighted by Crippen LogP contribution is -2.27. The van der Waals surface area contributed by atoms with Gasteiger partial charge in [-0.05, 0) is 18.2 Å². The highest BCUT2D eigenvalue weighted by atomic mass is 19.3.